The second-order valence-electron chi connectivity index (χ2n) is 12.8. The Kier molecular flexibility index (Phi) is 9.58. The summed E-state index contributed by atoms with van der Waals surface area (Å²) in [6.07, 6.45) is -1.71. The lowest BCUT2D eigenvalue weighted by atomic mass is 9.70. The SMILES string of the molecule is COc1cccc2c1C(=O)c1c(O)c3c(c(O)c1C2=O)C[C@@](O)(C(CO)(OC)OC)C[C@@H]3O[C@H]1C[C@H](N)[C@H](O[C@@H]2CCCCO2)[C@H](C)O1. The fraction of sp³-hybridized carbons (Fsp3) is 0.588. The van der Waals surface area contributed by atoms with Gasteiger partial charge in [-0.2, -0.15) is 0 Å². The summed E-state index contributed by atoms with van der Waals surface area (Å²) >= 11 is 0. The van der Waals surface area contributed by atoms with Crippen LogP contribution >= 0.6 is 0 Å². The third-order valence-electron chi connectivity index (χ3n) is 10.1. The van der Waals surface area contributed by atoms with Gasteiger partial charge in [-0.05, 0) is 32.3 Å². The Morgan fingerprint density at radius 2 is 1.73 bits per heavy atom. The van der Waals surface area contributed by atoms with E-state index >= 15 is 0 Å². The van der Waals surface area contributed by atoms with Gasteiger partial charge in [0.2, 0.25) is 11.6 Å². The molecule has 6 rings (SSSR count). The van der Waals surface area contributed by atoms with Crippen LogP contribution in [0.1, 0.15) is 88.1 Å². The van der Waals surface area contributed by atoms with Gasteiger partial charge in [-0.3, -0.25) is 9.59 Å². The Hall–Kier alpha value is -3.18. The van der Waals surface area contributed by atoms with Gasteiger partial charge >= 0.3 is 0 Å². The maximum atomic E-state index is 14.0. The number of phenols is 2. The van der Waals surface area contributed by atoms with E-state index < -0.39 is 95.5 Å². The Balaban J connectivity index is 1.42. The minimum absolute atomic E-state index is 0.0205. The lowest BCUT2D eigenvalue weighted by Crippen LogP contribution is -2.62. The van der Waals surface area contributed by atoms with E-state index in [1.165, 1.54) is 39.5 Å². The number of aromatic hydroxyl groups is 2. The van der Waals surface area contributed by atoms with Crippen LogP contribution in [0.4, 0.5) is 0 Å². The molecular formula is C34H43NO13. The Morgan fingerprint density at radius 3 is 2.35 bits per heavy atom. The maximum absolute atomic E-state index is 14.0. The van der Waals surface area contributed by atoms with E-state index in [4.69, 9.17) is 38.9 Å². The van der Waals surface area contributed by atoms with Gasteiger partial charge in [-0.1, -0.05) is 12.1 Å². The van der Waals surface area contributed by atoms with Gasteiger partial charge in [0, 0.05) is 62.8 Å². The number of aliphatic hydroxyl groups is 2. The Labute approximate surface area is 277 Å². The summed E-state index contributed by atoms with van der Waals surface area (Å²) < 4.78 is 40.9. The number of benzene rings is 2. The number of hydrogen-bond acceptors (Lipinski definition) is 14. The zero-order chi connectivity index (χ0) is 34.5. The quantitative estimate of drug-likeness (QED) is 0.163. The van der Waals surface area contributed by atoms with Crippen LogP contribution in [0.25, 0.3) is 0 Å². The summed E-state index contributed by atoms with van der Waals surface area (Å²) in [6, 6.07) is 3.93. The van der Waals surface area contributed by atoms with Crippen molar-refractivity contribution in [3.63, 3.8) is 0 Å². The number of nitrogens with two attached hydrogens (primary N) is 1. The van der Waals surface area contributed by atoms with Crippen LogP contribution < -0.4 is 10.5 Å². The number of carbonyl (C=O) groups excluding carboxylic acids is 2. The standard InChI is InChI=1S/C34H43NO13/c1-16-32(48-22-10-5-6-11-45-22)19(35)12-23(46-16)47-21-14-33(41,34(15-36,43-3)44-4)13-18-25(21)31(40)27-26(29(18)38)28(37)17-8-7-9-20(42-2)24(17)30(27)39/h7-9,16,19,21-23,32,36,38,40-41H,5-6,10-15,35H2,1-4H3/t16-,19-,21-,22+,23-,32+,33-/m0/s1. The largest absolute Gasteiger partial charge is 0.507 e. The molecule has 0 unspecified atom stereocenters. The van der Waals surface area contributed by atoms with Gasteiger partial charge < -0.3 is 59.3 Å². The van der Waals surface area contributed by atoms with Crippen LogP contribution in [-0.4, -0.2) is 109 Å². The summed E-state index contributed by atoms with van der Waals surface area (Å²) in [6.45, 7) is 1.59. The van der Waals surface area contributed by atoms with E-state index in [1.54, 1.807) is 6.92 Å². The molecule has 2 saturated heterocycles. The zero-order valence-corrected chi connectivity index (χ0v) is 27.4. The molecule has 262 valence electrons. The van der Waals surface area contributed by atoms with Gasteiger partial charge in [0.05, 0.1) is 36.0 Å². The summed E-state index contributed by atoms with van der Waals surface area (Å²) in [5.41, 5.74) is 3.43. The Bertz CT molecular complexity index is 1550. The molecule has 4 aliphatic rings. The molecule has 2 heterocycles. The molecular weight excluding hydrogens is 630 g/mol. The van der Waals surface area contributed by atoms with Crippen LogP contribution in [0.3, 0.4) is 0 Å². The van der Waals surface area contributed by atoms with Crippen LogP contribution in [0, 0.1) is 0 Å². The number of ether oxygens (including phenoxy) is 7. The minimum atomic E-state index is -2.09. The molecule has 0 spiro atoms. The third-order valence-corrected chi connectivity index (χ3v) is 10.1. The van der Waals surface area contributed by atoms with E-state index in [0.717, 1.165) is 19.3 Å². The van der Waals surface area contributed by atoms with Gasteiger partial charge in [-0.25, -0.2) is 0 Å². The van der Waals surface area contributed by atoms with Gasteiger partial charge in [0.15, 0.2) is 18.4 Å². The third kappa shape index (κ3) is 5.49. The average molecular weight is 674 g/mol. The maximum Gasteiger partial charge on any atom is 0.221 e. The second kappa shape index (κ2) is 13.3. The number of ketones is 2. The summed E-state index contributed by atoms with van der Waals surface area (Å²) in [4.78, 5) is 27.8. The van der Waals surface area contributed by atoms with Crippen molar-refractivity contribution in [3.8, 4) is 17.2 Å². The fourth-order valence-corrected chi connectivity index (χ4v) is 7.62. The first-order valence-electron chi connectivity index (χ1n) is 16.1. The lowest BCUT2D eigenvalue weighted by Gasteiger charge is -2.49. The molecule has 6 N–H and O–H groups in total. The van der Waals surface area contributed by atoms with Crippen LogP contribution in [0.2, 0.25) is 0 Å². The molecule has 2 aromatic carbocycles. The first kappa shape index (κ1) is 34.7. The van der Waals surface area contributed by atoms with Crippen molar-refractivity contribution in [2.75, 3.05) is 34.5 Å². The number of hydrogen-bond donors (Lipinski definition) is 5. The Morgan fingerprint density at radius 1 is 1.00 bits per heavy atom. The van der Waals surface area contributed by atoms with E-state index in [2.05, 4.69) is 0 Å². The highest BCUT2D eigenvalue weighted by molar-refractivity contribution is 6.31. The summed E-state index contributed by atoms with van der Waals surface area (Å²) in [5.74, 6) is -4.59. The van der Waals surface area contributed by atoms with Crippen LogP contribution in [0.15, 0.2) is 18.2 Å². The highest BCUT2D eigenvalue weighted by atomic mass is 16.7. The number of phenolic OH excluding ortho intramolecular Hbond substituents is 2. The van der Waals surface area contributed by atoms with Gasteiger partial charge in [-0.15, -0.1) is 0 Å². The van der Waals surface area contributed by atoms with Crippen molar-refractivity contribution in [3.05, 3.63) is 51.6 Å². The molecule has 0 saturated carbocycles. The van der Waals surface area contributed by atoms with Gasteiger partial charge in [0.25, 0.3) is 0 Å². The molecule has 2 aliphatic carbocycles. The number of fused-ring (bicyclic) bond motifs is 3. The molecule has 2 aliphatic heterocycles. The van der Waals surface area contributed by atoms with E-state index in [9.17, 15) is 30.0 Å². The number of rotatable bonds is 9. The molecule has 0 aromatic heterocycles. The molecule has 14 heteroatoms. The first-order valence-corrected chi connectivity index (χ1v) is 16.1. The van der Waals surface area contributed by atoms with Crippen LogP contribution in [0.5, 0.6) is 17.2 Å². The van der Waals surface area contributed by atoms with Crippen molar-refractivity contribution in [2.24, 2.45) is 5.73 Å². The number of methoxy groups -OCH3 is 3. The van der Waals surface area contributed by atoms with Crippen molar-refractivity contribution < 1.29 is 63.2 Å². The minimum Gasteiger partial charge on any atom is -0.507 e. The van der Waals surface area contributed by atoms with Crippen molar-refractivity contribution >= 4 is 11.6 Å². The smallest absolute Gasteiger partial charge is 0.221 e. The van der Waals surface area contributed by atoms with Crippen molar-refractivity contribution in [1.29, 1.82) is 0 Å². The second-order valence-corrected chi connectivity index (χ2v) is 12.8. The van der Waals surface area contributed by atoms with E-state index in [0.29, 0.717) is 6.61 Å². The normalized spacial score (nSPS) is 30.4. The molecule has 0 bridgehead atoms. The highest BCUT2D eigenvalue weighted by Crippen LogP contribution is 2.54. The van der Waals surface area contributed by atoms with Gasteiger partial charge in [0.1, 0.15) is 35.6 Å². The van der Waals surface area contributed by atoms with Crippen LogP contribution in [-0.2, 0) is 34.8 Å². The average Bonchev–Trinajstić information content (AvgIpc) is 3.07. The molecule has 2 aromatic rings. The lowest BCUT2D eigenvalue weighted by molar-refractivity contribution is -0.330. The molecule has 0 amide bonds. The predicted molar refractivity (Wildman–Crippen MR) is 166 cm³/mol. The fourth-order valence-electron chi connectivity index (χ4n) is 7.62. The number of aliphatic hydroxyl groups excluding tert-OH is 1. The summed E-state index contributed by atoms with van der Waals surface area (Å²) in [7, 11) is 3.83. The van der Waals surface area contributed by atoms with E-state index in [-0.39, 0.29) is 40.8 Å². The predicted octanol–water partition coefficient (Wildman–Crippen LogP) is 1.97. The highest BCUT2D eigenvalue weighted by Gasteiger charge is 2.58. The topological polar surface area (TPSA) is 206 Å². The molecule has 48 heavy (non-hydrogen) atoms. The van der Waals surface area contributed by atoms with E-state index in [1.807, 2.05) is 0 Å². The zero-order valence-electron chi connectivity index (χ0n) is 27.4. The first-order chi connectivity index (χ1) is 22.9. The molecule has 14 nitrogen and oxygen atoms in total. The summed E-state index contributed by atoms with van der Waals surface area (Å²) in [5, 5.41) is 46.2. The van der Waals surface area contributed by atoms with Crippen molar-refractivity contribution in [1.82, 2.24) is 0 Å². The number of carbonyl (C=O) groups is 2. The van der Waals surface area contributed by atoms with Crippen molar-refractivity contribution in [2.45, 2.75) is 93.8 Å². The monoisotopic (exact) mass is 673 g/mol. The molecule has 0 radical (unpaired) electrons. The molecule has 7 atom stereocenters. The molecule has 2 fully saturated rings.